The van der Waals surface area contributed by atoms with E-state index < -0.39 is 0 Å². The molecule has 2 heterocycles. The molecule has 1 fully saturated rings. The van der Waals surface area contributed by atoms with Crippen LogP contribution in [0.25, 0.3) is 0 Å². The zero-order valence-electron chi connectivity index (χ0n) is 10.6. The van der Waals surface area contributed by atoms with E-state index in [1.54, 1.807) is 11.1 Å². The number of hydrogen-bond acceptors (Lipinski definition) is 3. The molecule has 5 nitrogen and oxygen atoms in total. The van der Waals surface area contributed by atoms with Crippen LogP contribution in [0, 0.1) is 5.92 Å². The third-order valence-electron chi connectivity index (χ3n) is 3.23. The van der Waals surface area contributed by atoms with Crippen molar-refractivity contribution in [2.75, 3.05) is 6.61 Å². The quantitative estimate of drug-likeness (QED) is 0.795. The van der Waals surface area contributed by atoms with E-state index in [9.17, 15) is 4.79 Å². The van der Waals surface area contributed by atoms with Gasteiger partial charge in [0.05, 0.1) is 28.9 Å². The number of allylic oxidation sites excluding steroid dienone is 1. The number of carbonyl (C=O) groups is 1. The molecule has 0 aromatic rings. The number of ether oxygens (including phenoxy) is 2. The zero-order chi connectivity index (χ0) is 14.0. The smallest absolute Gasteiger partial charge is 0.328 e. The summed E-state index contributed by atoms with van der Waals surface area (Å²) in [7, 11) is 3.14. The first kappa shape index (κ1) is 14.7. The van der Waals surface area contributed by atoms with E-state index in [1.165, 1.54) is 5.98 Å². The van der Waals surface area contributed by atoms with Crippen molar-refractivity contribution in [2.24, 2.45) is 5.92 Å². The zero-order valence-corrected chi connectivity index (χ0v) is 13.1. The fourth-order valence-corrected chi connectivity index (χ4v) is 2.53. The lowest BCUT2D eigenvalue weighted by Gasteiger charge is -2.30. The molecule has 3 atom stereocenters. The van der Waals surface area contributed by atoms with Crippen molar-refractivity contribution < 1.29 is 14.3 Å². The monoisotopic (exact) mass is 346 g/mol. The third-order valence-corrected chi connectivity index (χ3v) is 4.08. The Morgan fingerprint density at radius 3 is 3.21 bits per heavy atom. The molecular formula is C12H16BrN2O3P. The Morgan fingerprint density at radius 1 is 1.79 bits per heavy atom. The minimum absolute atomic E-state index is 0.0253. The Balaban J connectivity index is 2.05. The van der Waals surface area contributed by atoms with E-state index in [-0.39, 0.29) is 18.4 Å². The van der Waals surface area contributed by atoms with Gasteiger partial charge in [0.15, 0.2) is 0 Å². The Labute approximate surface area is 123 Å². The lowest BCUT2D eigenvalue weighted by Crippen LogP contribution is -2.45. The van der Waals surface area contributed by atoms with Gasteiger partial charge in [-0.15, -0.1) is 0 Å². The molecule has 2 aliphatic heterocycles. The van der Waals surface area contributed by atoms with Crippen molar-refractivity contribution in [3.63, 3.8) is 0 Å². The standard InChI is InChI=1S/C12H16BrN2O3P/c1-7-3-11(18-10(7)5-17-6-19)15-4-9(13)8(2)14-12(15)16/h4,6-7,10-11,19H,2-3,5H2,1H3,(H,14,16). The average molecular weight is 347 g/mol. The average Bonchev–Trinajstić information content (AvgIpc) is 2.72. The highest BCUT2D eigenvalue weighted by Gasteiger charge is 2.38. The van der Waals surface area contributed by atoms with Gasteiger partial charge in [0.25, 0.3) is 0 Å². The summed E-state index contributed by atoms with van der Waals surface area (Å²) in [5.74, 6) is 1.78. The van der Waals surface area contributed by atoms with Gasteiger partial charge in [-0.2, -0.15) is 0 Å². The SMILES string of the molecule is C=C1NC(=O)N(C2CC(C)C(COC=P)O2)C=C1Br. The Morgan fingerprint density at radius 2 is 2.53 bits per heavy atom. The van der Waals surface area contributed by atoms with E-state index in [0.29, 0.717) is 18.2 Å². The van der Waals surface area contributed by atoms with Crippen molar-refractivity contribution in [2.45, 2.75) is 25.7 Å². The van der Waals surface area contributed by atoms with Crippen LogP contribution >= 0.6 is 24.8 Å². The number of carbonyl (C=O) groups excluding carboxylic acids is 1. The molecule has 2 amide bonds. The number of halogens is 1. The molecule has 0 saturated carbocycles. The highest BCUT2D eigenvalue weighted by molar-refractivity contribution is 9.12. The number of nitrogens with one attached hydrogen (secondary N) is 1. The van der Waals surface area contributed by atoms with Gasteiger partial charge in [-0.3, -0.25) is 4.90 Å². The van der Waals surface area contributed by atoms with Gasteiger partial charge >= 0.3 is 6.03 Å². The molecular weight excluding hydrogens is 331 g/mol. The number of hydrogen-bond donors (Lipinski definition) is 1. The summed E-state index contributed by atoms with van der Waals surface area (Å²) in [4.78, 5) is 13.5. The summed E-state index contributed by atoms with van der Waals surface area (Å²) in [6, 6.07) is -0.223. The third kappa shape index (κ3) is 3.26. The minimum Gasteiger partial charge on any atom is -0.352 e. The molecule has 1 saturated heterocycles. The molecule has 0 aliphatic carbocycles. The van der Waals surface area contributed by atoms with Gasteiger partial charge in [-0.05, 0) is 28.3 Å². The highest BCUT2D eigenvalue weighted by Crippen LogP contribution is 2.31. The summed E-state index contributed by atoms with van der Waals surface area (Å²) in [6.07, 6.45) is 2.17. The van der Waals surface area contributed by atoms with E-state index in [1.807, 2.05) is 0 Å². The summed E-state index contributed by atoms with van der Waals surface area (Å²) < 4.78 is 11.8. The van der Waals surface area contributed by atoms with Gasteiger partial charge in [0, 0.05) is 6.20 Å². The summed E-state index contributed by atoms with van der Waals surface area (Å²) in [6.45, 7) is 6.28. The van der Waals surface area contributed by atoms with Gasteiger partial charge in [-0.25, -0.2) is 4.79 Å². The van der Waals surface area contributed by atoms with Crippen molar-refractivity contribution in [3.05, 3.63) is 23.0 Å². The number of urea groups is 1. The van der Waals surface area contributed by atoms with E-state index >= 15 is 0 Å². The van der Waals surface area contributed by atoms with Gasteiger partial charge in [0.2, 0.25) is 0 Å². The fraction of sp³-hybridized carbons (Fsp3) is 0.500. The molecule has 1 N–H and O–H groups in total. The molecule has 3 unspecified atom stereocenters. The molecule has 19 heavy (non-hydrogen) atoms. The lowest BCUT2D eigenvalue weighted by molar-refractivity contribution is -0.0381. The molecule has 2 aliphatic rings. The largest absolute Gasteiger partial charge is 0.352 e. The van der Waals surface area contributed by atoms with Gasteiger partial charge in [0.1, 0.15) is 6.23 Å². The summed E-state index contributed by atoms with van der Waals surface area (Å²) >= 11 is 3.35. The fourth-order valence-electron chi connectivity index (χ4n) is 2.11. The maximum atomic E-state index is 11.9. The van der Waals surface area contributed by atoms with E-state index in [4.69, 9.17) is 9.47 Å². The Bertz CT molecular complexity index is 441. The molecule has 2 rings (SSSR count). The number of nitrogens with zero attached hydrogens (tertiary/aromatic N) is 1. The van der Waals surface area contributed by atoms with Crippen molar-refractivity contribution in [1.29, 1.82) is 0 Å². The van der Waals surface area contributed by atoms with Gasteiger partial charge in [-0.1, -0.05) is 22.4 Å². The maximum Gasteiger partial charge on any atom is 0.328 e. The summed E-state index contributed by atoms with van der Waals surface area (Å²) in [5.41, 5.74) is 0.556. The number of rotatable bonds is 4. The molecule has 0 bridgehead atoms. The second-order valence-corrected chi connectivity index (χ2v) is 5.68. The molecule has 0 aromatic carbocycles. The Kier molecular flexibility index (Phi) is 4.79. The first-order valence-electron chi connectivity index (χ1n) is 5.95. The van der Waals surface area contributed by atoms with Crippen LogP contribution in [0.3, 0.4) is 0 Å². The van der Waals surface area contributed by atoms with Crippen molar-refractivity contribution in [3.8, 4) is 0 Å². The van der Waals surface area contributed by atoms with Crippen molar-refractivity contribution >= 4 is 36.8 Å². The van der Waals surface area contributed by atoms with Crippen molar-refractivity contribution in [1.82, 2.24) is 10.2 Å². The first-order valence-corrected chi connectivity index (χ1v) is 7.32. The van der Waals surface area contributed by atoms with E-state index in [0.717, 1.165) is 10.9 Å². The molecule has 104 valence electrons. The normalized spacial score (nSPS) is 31.2. The van der Waals surface area contributed by atoms with Crippen LogP contribution in [0.4, 0.5) is 4.79 Å². The molecule has 0 aromatic heterocycles. The second-order valence-electron chi connectivity index (χ2n) is 4.59. The number of amides is 2. The first-order chi connectivity index (χ1) is 9.02. The summed E-state index contributed by atoms with van der Waals surface area (Å²) in [5, 5.41) is 2.68. The molecule has 7 heteroatoms. The minimum atomic E-state index is -0.279. The van der Waals surface area contributed by atoms with Crippen LogP contribution in [0.5, 0.6) is 0 Å². The molecule has 0 radical (unpaired) electrons. The van der Waals surface area contributed by atoms with Crippen LogP contribution in [0.1, 0.15) is 13.3 Å². The van der Waals surface area contributed by atoms with Crippen LogP contribution < -0.4 is 5.32 Å². The molecule has 0 spiro atoms. The predicted molar refractivity (Wildman–Crippen MR) is 79.3 cm³/mol. The second kappa shape index (κ2) is 6.18. The van der Waals surface area contributed by atoms with Gasteiger partial charge < -0.3 is 14.8 Å². The van der Waals surface area contributed by atoms with Crippen LogP contribution in [-0.4, -0.2) is 35.9 Å². The lowest BCUT2D eigenvalue weighted by atomic mass is 10.0. The topological polar surface area (TPSA) is 50.8 Å². The maximum absolute atomic E-state index is 11.9. The Hall–Kier alpha value is -0.680. The highest BCUT2D eigenvalue weighted by atomic mass is 79.9. The van der Waals surface area contributed by atoms with Crippen LogP contribution in [-0.2, 0) is 9.47 Å². The van der Waals surface area contributed by atoms with Crippen LogP contribution in [0.2, 0.25) is 0 Å². The van der Waals surface area contributed by atoms with E-state index in [2.05, 4.69) is 43.6 Å². The predicted octanol–water partition coefficient (Wildman–Crippen LogP) is 2.43. The van der Waals surface area contributed by atoms with Crippen LogP contribution in [0.15, 0.2) is 23.0 Å².